The molecule has 5 rings (SSSR count). The molecule has 0 saturated carbocycles. The zero-order valence-corrected chi connectivity index (χ0v) is 11.4. The highest BCUT2D eigenvalue weighted by atomic mass is 32.1. The Bertz CT molecular complexity index is 1100. The predicted octanol–water partition coefficient (Wildman–Crippen LogP) is 4.86. The van der Waals surface area contributed by atoms with Gasteiger partial charge in [-0.05, 0) is 29.7 Å². The molecule has 0 saturated heterocycles. The fourth-order valence-electron chi connectivity index (χ4n) is 3.01. The summed E-state index contributed by atoms with van der Waals surface area (Å²) < 4.78 is 4.76. The highest BCUT2D eigenvalue weighted by Crippen LogP contribution is 2.38. The summed E-state index contributed by atoms with van der Waals surface area (Å²) in [6.07, 6.45) is 5.94. The van der Waals surface area contributed by atoms with E-state index in [2.05, 4.69) is 58.0 Å². The maximum atomic E-state index is 4.48. The summed E-state index contributed by atoms with van der Waals surface area (Å²) in [5.74, 6) is 0. The summed E-state index contributed by atoms with van der Waals surface area (Å²) in [4.78, 5) is 4.48. The van der Waals surface area contributed by atoms with Crippen LogP contribution in [0.25, 0.3) is 36.6 Å². The van der Waals surface area contributed by atoms with Gasteiger partial charge in [0.05, 0.1) is 0 Å². The van der Waals surface area contributed by atoms with Crippen molar-refractivity contribution in [1.82, 2.24) is 9.38 Å². The highest BCUT2D eigenvalue weighted by molar-refractivity contribution is 7.26. The van der Waals surface area contributed by atoms with Gasteiger partial charge >= 0.3 is 0 Å². The first-order chi connectivity index (χ1) is 9.92. The molecule has 2 nitrogen and oxygen atoms in total. The first kappa shape index (κ1) is 10.4. The second kappa shape index (κ2) is 3.58. The number of imidazole rings is 1. The minimum absolute atomic E-state index is 1.03. The molecule has 0 bridgehead atoms. The van der Waals surface area contributed by atoms with E-state index < -0.39 is 0 Å². The summed E-state index contributed by atoms with van der Waals surface area (Å²) in [5, 5.41) is 5.20. The van der Waals surface area contributed by atoms with E-state index in [0.29, 0.717) is 0 Å². The van der Waals surface area contributed by atoms with Gasteiger partial charge in [-0.25, -0.2) is 4.98 Å². The molecular formula is C17H10N2S. The lowest BCUT2D eigenvalue weighted by molar-refractivity contribution is 1.20. The largest absolute Gasteiger partial charge is 0.307 e. The van der Waals surface area contributed by atoms with Crippen LogP contribution in [0.15, 0.2) is 61.1 Å². The van der Waals surface area contributed by atoms with Crippen molar-refractivity contribution in [3.05, 3.63) is 61.1 Å². The third-order valence-corrected chi connectivity index (χ3v) is 5.03. The number of rotatable bonds is 0. The Morgan fingerprint density at radius 2 is 1.75 bits per heavy atom. The van der Waals surface area contributed by atoms with Gasteiger partial charge in [0.1, 0.15) is 5.65 Å². The van der Waals surface area contributed by atoms with E-state index in [1.54, 1.807) is 0 Å². The van der Waals surface area contributed by atoms with Crippen molar-refractivity contribution in [3.63, 3.8) is 0 Å². The van der Waals surface area contributed by atoms with E-state index in [0.717, 1.165) is 5.65 Å². The molecule has 0 radical (unpaired) electrons. The summed E-state index contributed by atoms with van der Waals surface area (Å²) >= 11 is 1.86. The number of nitrogens with zero attached hydrogens (tertiary/aromatic N) is 2. The summed E-state index contributed by atoms with van der Waals surface area (Å²) in [6, 6.07) is 15.2. The van der Waals surface area contributed by atoms with Gasteiger partial charge in [-0.1, -0.05) is 18.2 Å². The third kappa shape index (κ3) is 1.20. The normalized spacial score (nSPS) is 12.0. The SMILES string of the molecule is c1ccc2c(c1)sc1ccc3c(ccn4ccnc34)c12. The Balaban J connectivity index is 2.14. The number of fused-ring (bicyclic) bond motifs is 7. The fraction of sp³-hybridized carbons (Fsp3) is 0. The van der Waals surface area contributed by atoms with Gasteiger partial charge in [-0.2, -0.15) is 0 Å². The van der Waals surface area contributed by atoms with E-state index in [1.807, 2.05) is 23.7 Å². The molecule has 0 spiro atoms. The average Bonchev–Trinajstić information content (AvgIpc) is 3.10. The van der Waals surface area contributed by atoms with Crippen LogP contribution in [0.2, 0.25) is 0 Å². The van der Waals surface area contributed by atoms with E-state index in [9.17, 15) is 0 Å². The molecule has 0 aliphatic rings. The van der Waals surface area contributed by atoms with Gasteiger partial charge in [-0.3, -0.25) is 0 Å². The highest BCUT2D eigenvalue weighted by Gasteiger charge is 2.10. The number of thiophene rings is 1. The molecule has 94 valence electrons. The van der Waals surface area contributed by atoms with Gasteiger partial charge in [0, 0.05) is 44.1 Å². The monoisotopic (exact) mass is 274 g/mol. The quantitative estimate of drug-likeness (QED) is 0.394. The van der Waals surface area contributed by atoms with Crippen LogP contribution in [0, 0.1) is 0 Å². The lowest BCUT2D eigenvalue weighted by Crippen LogP contribution is -1.84. The summed E-state index contributed by atoms with van der Waals surface area (Å²) in [7, 11) is 0. The Morgan fingerprint density at radius 1 is 0.800 bits per heavy atom. The minimum Gasteiger partial charge on any atom is -0.307 e. The Morgan fingerprint density at radius 3 is 2.75 bits per heavy atom. The Labute approximate surface area is 118 Å². The van der Waals surface area contributed by atoms with Crippen LogP contribution in [0.3, 0.4) is 0 Å². The van der Waals surface area contributed by atoms with E-state index in [4.69, 9.17) is 0 Å². The molecule has 0 N–H and O–H groups in total. The number of pyridine rings is 1. The number of benzene rings is 2. The summed E-state index contributed by atoms with van der Waals surface area (Å²) in [5.41, 5.74) is 1.03. The van der Waals surface area contributed by atoms with Crippen LogP contribution in [0.4, 0.5) is 0 Å². The van der Waals surface area contributed by atoms with Crippen LogP contribution in [0.5, 0.6) is 0 Å². The number of hydrogen-bond acceptors (Lipinski definition) is 2. The Hall–Kier alpha value is -2.39. The molecular weight excluding hydrogens is 264 g/mol. The molecule has 5 aromatic rings. The molecule has 0 aliphatic carbocycles. The zero-order valence-electron chi connectivity index (χ0n) is 10.6. The molecule has 20 heavy (non-hydrogen) atoms. The lowest BCUT2D eigenvalue weighted by Gasteiger charge is -2.03. The maximum absolute atomic E-state index is 4.48. The molecule has 0 aliphatic heterocycles. The zero-order chi connectivity index (χ0) is 13.1. The van der Waals surface area contributed by atoms with Gasteiger partial charge in [-0.15, -0.1) is 11.3 Å². The van der Waals surface area contributed by atoms with Crippen LogP contribution < -0.4 is 0 Å². The van der Waals surface area contributed by atoms with E-state index in [1.165, 1.54) is 30.9 Å². The van der Waals surface area contributed by atoms with E-state index in [-0.39, 0.29) is 0 Å². The van der Waals surface area contributed by atoms with Crippen molar-refractivity contribution in [3.8, 4) is 0 Å². The van der Waals surface area contributed by atoms with Gasteiger partial charge in [0.15, 0.2) is 0 Å². The lowest BCUT2D eigenvalue weighted by atomic mass is 10.1. The van der Waals surface area contributed by atoms with E-state index >= 15 is 0 Å². The molecule has 0 fully saturated rings. The topological polar surface area (TPSA) is 17.3 Å². The second-order valence-electron chi connectivity index (χ2n) is 4.97. The molecule has 3 heterocycles. The van der Waals surface area contributed by atoms with Crippen LogP contribution >= 0.6 is 11.3 Å². The minimum atomic E-state index is 1.03. The van der Waals surface area contributed by atoms with Gasteiger partial charge in [0.2, 0.25) is 0 Å². The molecule has 3 heteroatoms. The second-order valence-corrected chi connectivity index (χ2v) is 6.06. The van der Waals surface area contributed by atoms with Gasteiger partial charge in [0.25, 0.3) is 0 Å². The summed E-state index contributed by atoms with van der Waals surface area (Å²) in [6.45, 7) is 0. The maximum Gasteiger partial charge on any atom is 0.144 e. The molecule has 3 aromatic heterocycles. The van der Waals surface area contributed by atoms with Crippen molar-refractivity contribution in [2.24, 2.45) is 0 Å². The van der Waals surface area contributed by atoms with Crippen LogP contribution in [-0.2, 0) is 0 Å². The van der Waals surface area contributed by atoms with Gasteiger partial charge < -0.3 is 4.40 Å². The van der Waals surface area contributed by atoms with Crippen molar-refractivity contribution in [1.29, 1.82) is 0 Å². The van der Waals surface area contributed by atoms with Crippen LogP contribution in [-0.4, -0.2) is 9.38 Å². The molecule has 0 unspecified atom stereocenters. The molecule has 0 amide bonds. The fourth-order valence-corrected chi connectivity index (χ4v) is 4.13. The van der Waals surface area contributed by atoms with Crippen molar-refractivity contribution >= 4 is 47.9 Å². The predicted molar refractivity (Wildman–Crippen MR) is 85.6 cm³/mol. The van der Waals surface area contributed by atoms with Crippen molar-refractivity contribution in [2.45, 2.75) is 0 Å². The van der Waals surface area contributed by atoms with Crippen molar-refractivity contribution in [2.75, 3.05) is 0 Å². The van der Waals surface area contributed by atoms with Crippen molar-refractivity contribution < 1.29 is 0 Å². The molecule has 0 atom stereocenters. The molecule has 2 aromatic carbocycles. The third-order valence-electron chi connectivity index (χ3n) is 3.89. The number of aromatic nitrogens is 2. The first-order valence-electron chi connectivity index (χ1n) is 6.57. The standard InChI is InChI=1S/C17H10N2S/c1-2-4-14-13(3-1)16-11-7-9-19-10-8-18-17(19)12(11)5-6-15(16)20-14/h1-10H. The first-order valence-corrected chi connectivity index (χ1v) is 7.39. The number of hydrogen-bond donors (Lipinski definition) is 0. The average molecular weight is 274 g/mol. The Kier molecular flexibility index (Phi) is 1.86. The van der Waals surface area contributed by atoms with Crippen LogP contribution in [0.1, 0.15) is 0 Å². The smallest absolute Gasteiger partial charge is 0.144 e.